The third-order valence-corrected chi connectivity index (χ3v) is 4.76. The first kappa shape index (κ1) is 26.4. The van der Waals surface area contributed by atoms with Crippen molar-refractivity contribution in [3.8, 4) is 0 Å². The van der Waals surface area contributed by atoms with Crippen molar-refractivity contribution in [1.29, 1.82) is 0 Å². The highest BCUT2D eigenvalue weighted by molar-refractivity contribution is 7.37. The Balaban J connectivity index is 4.49. The van der Waals surface area contributed by atoms with Gasteiger partial charge in [-0.15, -0.1) is 19.7 Å². The molecule has 0 radical (unpaired) electrons. The molecule has 1 atom stereocenters. The number of aliphatic hydroxyl groups excluding tert-OH is 1. The molecule has 5 nitrogen and oxygen atoms in total. The van der Waals surface area contributed by atoms with E-state index < -0.39 is 0 Å². The van der Waals surface area contributed by atoms with Crippen molar-refractivity contribution in [3.63, 3.8) is 0 Å². The molecule has 158 valence electrons. The first-order valence-corrected chi connectivity index (χ1v) is 11.1. The molecule has 0 aliphatic rings. The lowest BCUT2D eigenvalue weighted by Crippen LogP contribution is -2.42. The Morgan fingerprint density at radius 2 is 1.33 bits per heavy atom. The Kier molecular flexibility index (Phi) is 19.8. The van der Waals surface area contributed by atoms with Crippen molar-refractivity contribution < 1.29 is 24.1 Å². The molecule has 6 heteroatoms. The van der Waals surface area contributed by atoms with Gasteiger partial charge in [0.15, 0.2) is 0 Å². The number of ether oxygens (including phenoxy) is 4. The molecule has 1 N–H and O–H groups in total. The predicted molar refractivity (Wildman–Crippen MR) is 115 cm³/mol. The summed E-state index contributed by atoms with van der Waals surface area (Å²) in [5, 5.41) is 8.81. The summed E-state index contributed by atoms with van der Waals surface area (Å²) in [5.74, 6) is 0. The second-order valence-electron chi connectivity index (χ2n) is 6.51. The van der Waals surface area contributed by atoms with E-state index >= 15 is 0 Å². The van der Waals surface area contributed by atoms with Gasteiger partial charge in [-0.25, -0.2) is 0 Å². The highest BCUT2D eigenvalue weighted by Crippen LogP contribution is 2.21. The Labute approximate surface area is 167 Å². The highest BCUT2D eigenvalue weighted by atomic mass is 31.1. The van der Waals surface area contributed by atoms with Crippen LogP contribution < -0.4 is 0 Å². The topological polar surface area (TPSA) is 57.2 Å². The van der Waals surface area contributed by atoms with E-state index in [9.17, 15) is 0 Å². The van der Waals surface area contributed by atoms with Gasteiger partial charge in [0.1, 0.15) is 0 Å². The van der Waals surface area contributed by atoms with Crippen LogP contribution in [0.4, 0.5) is 0 Å². The van der Waals surface area contributed by atoms with Gasteiger partial charge >= 0.3 is 0 Å². The van der Waals surface area contributed by atoms with Gasteiger partial charge in [0, 0.05) is 6.61 Å². The van der Waals surface area contributed by atoms with Crippen LogP contribution in [0.1, 0.15) is 25.7 Å². The van der Waals surface area contributed by atoms with Crippen molar-refractivity contribution in [2.24, 2.45) is 5.41 Å². The van der Waals surface area contributed by atoms with Crippen LogP contribution in [0.15, 0.2) is 38.0 Å². The van der Waals surface area contributed by atoms with Crippen LogP contribution in [-0.4, -0.2) is 70.5 Å². The summed E-state index contributed by atoms with van der Waals surface area (Å²) in [4.78, 5) is 0. The molecule has 0 aromatic heterocycles. The molecule has 0 saturated heterocycles. The normalized spacial score (nSPS) is 11.9. The lowest BCUT2D eigenvalue weighted by molar-refractivity contribution is -0.100. The summed E-state index contributed by atoms with van der Waals surface area (Å²) in [7, 11) is 0.658. The lowest BCUT2D eigenvalue weighted by atomic mass is 9.92. The van der Waals surface area contributed by atoms with Crippen LogP contribution >= 0.6 is 8.58 Å². The van der Waals surface area contributed by atoms with E-state index in [2.05, 4.69) is 19.7 Å². The number of rotatable bonds is 22. The third kappa shape index (κ3) is 16.1. The molecule has 0 heterocycles. The maximum absolute atomic E-state index is 8.81. The Bertz CT molecular complexity index is 348. The van der Waals surface area contributed by atoms with Crippen LogP contribution in [0.5, 0.6) is 0 Å². The van der Waals surface area contributed by atoms with E-state index in [4.69, 9.17) is 24.1 Å². The average molecular weight is 403 g/mol. The van der Waals surface area contributed by atoms with E-state index in [-0.39, 0.29) is 5.41 Å². The Morgan fingerprint density at radius 1 is 0.741 bits per heavy atom. The second kappa shape index (κ2) is 20.2. The fourth-order valence-corrected chi connectivity index (χ4v) is 3.08. The minimum absolute atomic E-state index is 0.306. The van der Waals surface area contributed by atoms with Crippen LogP contribution in [0.2, 0.25) is 0 Å². The first-order valence-electron chi connectivity index (χ1n) is 9.70. The summed E-state index contributed by atoms with van der Waals surface area (Å²) in [6, 6.07) is 0. The zero-order valence-corrected chi connectivity index (χ0v) is 17.8. The Morgan fingerprint density at radius 3 is 1.89 bits per heavy atom. The molecular formula is C21H39O5P. The van der Waals surface area contributed by atoms with E-state index in [1.165, 1.54) is 0 Å². The molecule has 0 bridgehead atoms. The van der Waals surface area contributed by atoms with E-state index in [0.717, 1.165) is 31.8 Å². The monoisotopic (exact) mass is 402 g/mol. The standard InChI is InChI=1S/C21H39O5P/c1-4-7-13-25-18-21(16-23-11-5-2,17-24-12-6-3)19-26-14-9-8-10-15-27-20-22/h4-6,22,27H,1-3,7-20H2. The molecule has 0 aromatic rings. The minimum Gasteiger partial charge on any atom is -0.392 e. The summed E-state index contributed by atoms with van der Waals surface area (Å²) >= 11 is 0. The van der Waals surface area contributed by atoms with Gasteiger partial charge in [-0.1, -0.05) is 33.2 Å². The molecule has 0 aromatic carbocycles. The molecule has 1 unspecified atom stereocenters. The largest absolute Gasteiger partial charge is 0.392 e. The van der Waals surface area contributed by atoms with Crippen LogP contribution in [-0.2, 0) is 18.9 Å². The quantitative estimate of drug-likeness (QED) is 0.170. The summed E-state index contributed by atoms with van der Waals surface area (Å²) in [6.45, 7) is 15.4. The maximum Gasteiger partial charge on any atom is 0.0645 e. The molecule has 0 amide bonds. The summed E-state index contributed by atoms with van der Waals surface area (Å²) in [6.07, 6.45) is 10.8. The van der Waals surface area contributed by atoms with Crippen molar-refractivity contribution >= 4 is 8.58 Å². The second-order valence-corrected chi connectivity index (χ2v) is 7.83. The Hall–Kier alpha value is -0.550. The van der Waals surface area contributed by atoms with Crippen molar-refractivity contribution in [1.82, 2.24) is 0 Å². The molecule has 27 heavy (non-hydrogen) atoms. The summed E-state index contributed by atoms with van der Waals surface area (Å²) in [5.41, 5.74) is -0.356. The van der Waals surface area contributed by atoms with Gasteiger partial charge in [0.25, 0.3) is 0 Å². The minimum atomic E-state index is -0.356. The molecule has 0 fully saturated rings. The third-order valence-electron chi connectivity index (χ3n) is 3.82. The predicted octanol–water partition coefficient (Wildman–Crippen LogP) is 3.79. The van der Waals surface area contributed by atoms with Gasteiger partial charge in [-0.05, 0) is 25.4 Å². The van der Waals surface area contributed by atoms with E-state index in [1.807, 2.05) is 6.08 Å². The molecule has 0 spiro atoms. The van der Waals surface area contributed by atoms with Gasteiger partial charge in [0.2, 0.25) is 0 Å². The SMILES string of the molecule is C=CCCOCC(COCC=C)(COCC=C)COCCCCCPCO. The van der Waals surface area contributed by atoms with Crippen molar-refractivity contribution in [2.75, 3.05) is 65.4 Å². The molecular weight excluding hydrogens is 363 g/mol. The molecule has 0 rings (SSSR count). The smallest absolute Gasteiger partial charge is 0.0645 e. The van der Waals surface area contributed by atoms with Crippen molar-refractivity contribution in [3.05, 3.63) is 38.0 Å². The fraction of sp³-hybridized carbons (Fsp3) is 0.714. The zero-order valence-electron chi connectivity index (χ0n) is 16.8. The van der Waals surface area contributed by atoms with E-state index in [0.29, 0.717) is 67.8 Å². The average Bonchev–Trinajstić information content (AvgIpc) is 2.68. The van der Waals surface area contributed by atoms with Gasteiger partial charge in [-0.2, -0.15) is 0 Å². The zero-order chi connectivity index (χ0) is 20.1. The van der Waals surface area contributed by atoms with Gasteiger partial charge in [0.05, 0.1) is 58.0 Å². The molecule has 0 aliphatic heterocycles. The number of hydrogen-bond acceptors (Lipinski definition) is 5. The summed E-state index contributed by atoms with van der Waals surface area (Å²) < 4.78 is 23.3. The van der Waals surface area contributed by atoms with Crippen LogP contribution in [0.3, 0.4) is 0 Å². The number of unbranched alkanes of at least 4 members (excludes halogenated alkanes) is 2. The number of aliphatic hydroxyl groups is 1. The first-order chi connectivity index (χ1) is 13.2. The van der Waals surface area contributed by atoms with E-state index in [1.54, 1.807) is 12.2 Å². The van der Waals surface area contributed by atoms with Crippen LogP contribution in [0, 0.1) is 5.41 Å². The number of hydrogen-bond donors (Lipinski definition) is 1. The molecule has 0 aliphatic carbocycles. The maximum atomic E-state index is 8.81. The van der Waals surface area contributed by atoms with Crippen LogP contribution in [0.25, 0.3) is 0 Å². The van der Waals surface area contributed by atoms with Gasteiger partial charge in [-0.3, -0.25) is 0 Å². The molecule has 0 saturated carbocycles. The fourth-order valence-electron chi connectivity index (χ4n) is 2.42. The van der Waals surface area contributed by atoms with Crippen molar-refractivity contribution in [2.45, 2.75) is 25.7 Å². The van der Waals surface area contributed by atoms with Gasteiger partial charge < -0.3 is 24.1 Å². The lowest BCUT2D eigenvalue weighted by Gasteiger charge is -2.32. The highest BCUT2D eigenvalue weighted by Gasteiger charge is 2.32.